The van der Waals surface area contributed by atoms with E-state index in [4.69, 9.17) is 0 Å². The second-order valence-corrected chi connectivity index (χ2v) is 15.1. The lowest BCUT2D eigenvalue weighted by Crippen LogP contribution is -2.49. The number of nitrogens with zero attached hydrogens (tertiary/aromatic N) is 5. The Balaban J connectivity index is 0.955. The average molecular weight is 817 g/mol. The van der Waals surface area contributed by atoms with Crippen LogP contribution in [0, 0.1) is 5.92 Å². The van der Waals surface area contributed by atoms with Crippen molar-refractivity contribution < 1.29 is 45.5 Å². The second-order valence-electron chi connectivity index (χ2n) is 15.1. The third-order valence-electron chi connectivity index (χ3n) is 11.3. The number of H-pyrrole nitrogens is 1. The Hall–Kier alpha value is -5.59. The number of likely N-dealkylation sites (tertiary alicyclic amines) is 1. The molecule has 1 unspecified atom stereocenters. The average Bonchev–Trinajstić information content (AvgIpc) is 3.68. The Labute approximate surface area is 328 Å². The van der Waals surface area contributed by atoms with Crippen molar-refractivity contribution in [1.82, 2.24) is 29.9 Å². The summed E-state index contributed by atoms with van der Waals surface area (Å²) in [4.78, 5) is 55.1. The van der Waals surface area contributed by atoms with Crippen LogP contribution in [-0.2, 0) is 34.2 Å². The van der Waals surface area contributed by atoms with Gasteiger partial charge in [0.2, 0.25) is 17.7 Å². The number of aryl methyl sites for hydroxylation is 1. The predicted octanol–water partition coefficient (Wildman–Crippen LogP) is 5.40. The summed E-state index contributed by atoms with van der Waals surface area (Å²) in [6.45, 7) is 1.61. The van der Waals surface area contributed by atoms with Crippen molar-refractivity contribution in [3.63, 3.8) is 0 Å². The molecule has 3 N–H and O–H groups in total. The van der Waals surface area contributed by atoms with E-state index in [0.717, 1.165) is 6.07 Å². The maximum atomic E-state index is 14.3. The topological polar surface area (TPSA) is 145 Å². The van der Waals surface area contributed by atoms with E-state index in [1.807, 2.05) is 4.90 Å². The molecule has 3 amide bonds. The molecular weight excluding hydrogens is 774 g/mol. The molecule has 3 fully saturated rings. The summed E-state index contributed by atoms with van der Waals surface area (Å²) in [7, 11) is 3.26. The van der Waals surface area contributed by atoms with Gasteiger partial charge in [0, 0.05) is 99.3 Å². The molecule has 3 saturated heterocycles. The molecule has 19 heteroatoms. The molecule has 7 rings (SSSR count). The number of hydrogen-bond donors (Lipinski definition) is 3. The molecule has 310 valence electrons. The first-order chi connectivity index (χ1) is 27.4. The fraction of sp³-hybridized carbons (Fsp3) is 0.462. The number of pyridine rings is 1. The highest BCUT2D eigenvalue weighted by atomic mass is 19.4. The predicted molar refractivity (Wildman–Crippen MR) is 201 cm³/mol. The molecule has 2 aromatic heterocycles. The van der Waals surface area contributed by atoms with Crippen molar-refractivity contribution >= 4 is 40.0 Å². The molecule has 3 aliphatic rings. The molecule has 0 radical (unpaired) electrons. The highest BCUT2D eigenvalue weighted by Gasteiger charge is 2.39. The number of amides is 3. The Morgan fingerprint density at radius 2 is 1.69 bits per heavy atom. The summed E-state index contributed by atoms with van der Waals surface area (Å²) in [5, 5.41) is 12.0. The fourth-order valence-electron chi connectivity index (χ4n) is 8.16. The molecule has 0 aliphatic carbocycles. The molecular formula is C39H42F6N8O5. The molecule has 4 aromatic rings. The lowest BCUT2D eigenvalue weighted by atomic mass is 9.92. The number of imide groups is 1. The zero-order chi connectivity index (χ0) is 41.5. The highest BCUT2D eigenvalue weighted by Crippen LogP contribution is 2.40. The van der Waals surface area contributed by atoms with E-state index >= 15 is 0 Å². The van der Waals surface area contributed by atoms with Crippen LogP contribution in [0.5, 0.6) is 5.75 Å². The van der Waals surface area contributed by atoms with Crippen LogP contribution in [0.1, 0.15) is 49.7 Å². The van der Waals surface area contributed by atoms with E-state index in [1.54, 1.807) is 29.0 Å². The van der Waals surface area contributed by atoms with Crippen LogP contribution in [0.4, 0.5) is 37.7 Å². The van der Waals surface area contributed by atoms with Crippen molar-refractivity contribution in [1.29, 1.82) is 0 Å². The third-order valence-corrected chi connectivity index (χ3v) is 11.3. The van der Waals surface area contributed by atoms with Gasteiger partial charge in [0.25, 0.3) is 5.56 Å². The molecule has 2 aromatic carbocycles. The van der Waals surface area contributed by atoms with E-state index in [1.165, 1.54) is 42.2 Å². The molecule has 58 heavy (non-hydrogen) atoms. The standard InChI is InChI=1S/C39H42F6N8O5/c1-50-21-28(27-19-46-49-34(27)37(50)57)23-3-4-24(32(17-23)58-39(43,44)45)20-52-13-11-26(12-14-52)51(2)36(56)22-9-15-53(16-10-22)31-7-5-25(18-29(31)38(40,41)42)47-30-6-8-33(54)48-35(30)55/h3-5,7,17-19,21-22,26,30,47H,6,8-16,20H2,1-2H3,(H,46,49)(H,48,54,55). The number of fused-ring (bicyclic) bond motifs is 1. The monoisotopic (exact) mass is 816 g/mol. The van der Waals surface area contributed by atoms with Gasteiger partial charge in [-0.1, -0.05) is 12.1 Å². The van der Waals surface area contributed by atoms with Crippen molar-refractivity contribution in [3.05, 3.63) is 70.3 Å². The molecule has 5 heterocycles. The Morgan fingerprint density at radius 1 is 0.966 bits per heavy atom. The maximum Gasteiger partial charge on any atom is 0.573 e. The normalized spacial score (nSPS) is 19.0. The third kappa shape index (κ3) is 8.78. The smallest absolute Gasteiger partial charge is 0.405 e. The molecule has 13 nitrogen and oxygen atoms in total. The summed E-state index contributed by atoms with van der Waals surface area (Å²) < 4.78 is 89.4. The Morgan fingerprint density at radius 3 is 2.36 bits per heavy atom. The van der Waals surface area contributed by atoms with Crippen molar-refractivity contribution in [3.8, 4) is 16.9 Å². The summed E-state index contributed by atoms with van der Waals surface area (Å²) >= 11 is 0. The van der Waals surface area contributed by atoms with E-state index in [0.29, 0.717) is 60.8 Å². The highest BCUT2D eigenvalue weighted by molar-refractivity contribution is 6.01. The number of carbonyl (C=O) groups is 3. The van der Waals surface area contributed by atoms with Crippen molar-refractivity contribution in [2.24, 2.45) is 13.0 Å². The van der Waals surface area contributed by atoms with E-state index in [2.05, 4.69) is 25.6 Å². The van der Waals surface area contributed by atoms with Crippen LogP contribution in [0.15, 0.2) is 53.6 Å². The number of alkyl halides is 6. The van der Waals surface area contributed by atoms with Crippen LogP contribution in [0.2, 0.25) is 0 Å². The minimum atomic E-state index is -4.95. The number of carbonyl (C=O) groups excluding carboxylic acids is 3. The zero-order valence-electron chi connectivity index (χ0n) is 31.7. The van der Waals surface area contributed by atoms with Gasteiger partial charge < -0.3 is 24.4 Å². The number of rotatable bonds is 9. The number of anilines is 2. The summed E-state index contributed by atoms with van der Waals surface area (Å²) in [6, 6.07) is 7.38. The zero-order valence-corrected chi connectivity index (χ0v) is 31.7. The first-order valence-electron chi connectivity index (χ1n) is 18.9. The summed E-state index contributed by atoms with van der Waals surface area (Å²) in [5.41, 5.74) is 0.344. The number of aromatic nitrogens is 3. The number of piperidine rings is 3. The number of aromatic amines is 1. The molecule has 0 saturated carbocycles. The number of ether oxygens (including phenoxy) is 1. The Bertz CT molecular complexity index is 2260. The second kappa shape index (κ2) is 16.0. The van der Waals surface area contributed by atoms with Gasteiger partial charge in [0.1, 0.15) is 17.3 Å². The first kappa shape index (κ1) is 40.6. The lowest BCUT2D eigenvalue weighted by Gasteiger charge is -2.40. The Kier molecular flexibility index (Phi) is 11.2. The number of halogens is 6. The van der Waals surface area contributed by atoms with Crippen LogP contribution < -0.4 is 25.8 Å². The number of nitrogens with one attached hydrogen (secondary N) is 3. The van der Waals surface area contributed by atoms with Gasteiger partial charge in [0.05, 0.1) is 11.8 Å². The van der Waals surface area contributed by atoms with E-state index in [-0.39, 0.29) is 72.6 Å². The minimum absolute atomic E-state index is 0.0198. The van der Waals surface area contributed by atoms with Crippen molar-refractivity contribution in [2.75, 3.05) is 43.4 Å². The number of benzene rings is 2. The van der Waals surface area contributed by atoms with Crippen LogP contribution in [-0.4, -0.2) is 94.0 Å². The van der Waals surface area contributed by atoms with E-state index in [9.17, 15) is 45.5 Å². The van der Waals surface area contributed by atoms with Crippen LogP contribution in [0.3, 0.4) is 0 Å². The molecule has 3 aliphatic heterocycles. The molecule has 1 atom stereocenters. The first-order valence-corrected chi connectivity index (χ1v) is 18.9. The van der Waals surface area contributed by atoms with Gasteiger partial charge in [-0.25, -0.2) is 0 Å². The largest absolute Gasteiger partial charge is 0.573 e. The van der Waals surface area contributed by atoms with Crippen molar-refractivity contribution in [2.45, 2.75) is 69.7 Å². The van der Waals surface area contributed by atoms with Gasteiger partial charge in [-0.2, -0.15) is 18.3 Å². The quantitative estimate of drug-likeness (QED) is 0.149. The van der Waals surface area contributed by atoms with Gasteiger partial charge in [-0.3, -0.25) is 34.5 Å². The van der Waals surface area contributed by atoms with Gasteiger partial charge in [0.15, 0.2) is 0 Å². The maximum absolute atomic E-state index is 14.3. The van der Waals surface area contributed by atoms with Gasteiger partial charge in [-0.05, 0) is 61.9 Å². The lowest BCUT2D eigenvalue weighted by molar-refractivity contribution is -0.275. The SMILES string of the molecule is CN(C(=O)C1CCN(c2ccc(NC3CCC(=O)NC3=O)cc2C(F)(F)F)CC1)C1CCN(Cc2ccc(-c3cn(C)c(=O)c4[nH]ncc34)cc2OC(F)(F)F)CC1. The van der Waals surface area contributed by atoms with E-state index < -0.39 is 41.9 Å². The summed E-state index contributed by atoms with van der Waals surface area (Å²) in [6.07, 6.45) is -4.58. The van der Waals surface area contributed by atoms with Crippen LogP contribution >= 0.6 is 0 Å². The molecule has 0 bridgehead atoms. The molecule has 0 spiro atoms. The minimum Gasteiger partial charge on any atom is -0.405 e. The summed E-state index contributed by atoms with van der Waals surface area (Å²) in [5.74, 6) is -1.87. The van der Waals surface area contributed by atoms with Gasteiger partial charge in [-0.15, -0.1) is 13.2 Å². The van der Waals surface area contributed by atoms with Gasteiger partial charge >= 0.3 is 12.5 Å². The number of hydrogen-bond acceptors (Lipinski definition) is 9. The fourth-order valence-corrected chi connectivity index (χ4v) is 8.16. The van der Waals surface area contributed by atoms with Crippen LogP contribution in [0.25, 0.3) is 22.0 Å².